The van der Waals surface area contributed by atoms with E-state index in [2.05, 4.69) is 0 Å². The summed E-state index contributed by atoms with van der Waals surface area (Å²) in [4.78, 5) is 23.6. The third kappa shape index (κ3) is 3.60. The van der Waals surface area contributed by atoms with Crippen molar-refractivity contribution in [3.05, 3.63) is 59.4 Å². The van der Waals surface area contributed by atoms with Gasteiger partial charge in [-0.25, -0.2) is 9.18 Å². The van der Waals surface area contributed by atoms with Crippen molar-refractivity contribution in [3.8, 4) is 11.5 Å². The quantitative estimate of drug-likeness (QED) is 0.679. The van der Waals surface area contributed by atoms with Crippen molar-refractivity contribution >= 4 is 11.8 Å². The van der Waals surface area contributed by atoms with E-state index >= 15 is 0 Å². The molecule has 2 aromatic rings. The Hall–Kier alpha value is -2.89. The zero-order valence-corrected chi connectivity index (χ0v) is 11.7. The number of Topliss-reactive ketones (excluding diaryl/α,β-unsaturated/α-hetero) is 1. The molecule has 0 fully saturated rings. The van der Waals surface area contributed by atoms with Gasteiger partial charge in [0.25, 0.3) is 0 Å². The molecular formula is C16H13FO5. The van der Waals surface area contributed by atoms with Crippen LogP contribution < -0.4 is 4.74 Å². The highest BCUT2D eigenvalue weighted by atomic mass is 19.1. The molecule has 5 nitrogen and oxygen atoms in total. The Bertz CT molecular complexity index is 711. The van der Waals surface area contributed by atoms with Crippen LogP contribution in [0.4, 0.5) is 4.39 Å². The Morgan fingerprint density at radius 3 is 2.55 bits per heavy atom. The molecule has 0 aromatic heterocycles. The van der Waals surface area contributed by atoms with Crippen molar-refractivity contribution in [2.24, 2.45) is 0 Å². The number of methoxy groups -OCH3 is 1. The lowest BCUT2D eigenvalue weighted by atomic mass is 10.1. The van der Waals surface area contributed by atoms with Crippen LogP contribution in [0.2, 0.25) is 0 Å². The van der Waals surface area contributed by atoms with Gasteiger partial charge in [0.1, 0.15) is 5.75 Å². The van der Waals surface area contributed by atoms with Gasteiger partial charge in [-0.1, -0.05) is 6.07 Å². The first-order valence-electron chi connectivity index (χ1n) is 6.34. The summed E-state index contributed by atoms with van der Waals surface area (Å²) in [6, 6.07) is 9.27. The van der Waals surface area contributed by atoms with Crippen LogP contribution in [0.5, 0.6) is 11.5 Å². The number of phenolic OH excluding ortho intramolecular Hbond substituents is 1. The van der Waals surface area contributed by atoms with Crippen molar-refractivity contribution < 1.29 is 28.6 Å². The fourth-order valence-electron chi connectivity index (χ4n) is 1.77. The van der Waals surface area contributed by atoms with Gasteiger partial charge in [-0.05, 0) is 36.4 Å². The fourth-order valence-corrected chi connectivity index (χ4v) is 1.77. The van der Waals surface area contributed by atoms with Gasteiger partial charge in [0.05, 0.1) is 12.7 Å². The van der Waals surface area contributed by atoms with Crippen molar-refractivity contribution in [1.29, 1.82) is 0 Å². The molecule has 22 heavy (non-hydrogen) atoms. The van der Waals surface area contributed by atoms with Crippen LogP contribution in [0, 0.1) is 5.82 Å². The SMILES string of the molecule is COc1ccc(C(=O)COC(=O)c2cccc(O)c2)cc1F. The van der Waals surface area contributed by atoms with E-state index in [1.54, 1.807) is 0 Å². The normalized spacial score (nSPS) is 10.1. The minimum atomic E-state index is -0.752. The third-order valence-electron chi connectivity index (χ3n) is 2.89. The van der Waals surface area contributed by atoms with Crippen molar-refractivity contribution in [2.75, 3.05) is 13.7 Å². The van der Waals surface area contributed by atoms with Gasteiger partial charge in [-0.3, -0.25) is 4.79 Å². The van der Waals surface area contributed by atoms with E-state index in [1.807, 2.05) is 0 Å². The summed E-state index contributed by atoms with van der Waals surface area (Å²) in [5, 5.41) is 9.27. The molecule has 6 heteroatoms. The maximum atomic E-state index is 13.5. The number of esters is 1. The van der Waals surface area contributed by atoms with Crippen molar-refractivity contribution in [2.45, 2.75) is 0 Å². The molecule has 0 aliphatic carbocycles. The van der Waals surface area contributed by atoms with Crippen molar-refractivity contribution in [3.63, 3.8) is 0 Å². The largest absolute Gasteiger partial charge is 0.508 e. The lowest BCUT2D eigenvalue weighted by Gasteiger charge is -2.06. The highest BCUT2D eigenvalue weighted by Crippen LogP contribution is 2.18. The third-order valence-corrected chi connectivity index (χ3v) is 2.89. The molecule has 1 N–H and O–H groups in total. The summed E-state index contributed by atoms with van der Waals surface area (Å²) in [7, 11) is 1.32. The van der Waals surface area contributed by atoms with Gasteiger partial charge >= 0.3 is 5.97 Å². The second-order valence-corrected chi connectivity index (χ2v) is 4.40. The van der Waals surface area contributed by atoms with E-state index in [9.17, 15) is 19.1 Å². The van der Waals surface area contributed by atoms with E-state index < -0.39 is 24.2 Å². The van der Waals surface area contributed by atoms with Gasteiger partial charge in [-0.15, -0.1) is 0 Å². The number of rotatable bonds is 5. The number of ketones is 1. The summed E-state index contributed by atoms with van der Waals surface area (Å²) < 4.78 is 23.1. The van der Waals surface area contributed by atoms with Crippen LogP contribution in [0.1, 0.15) is 20.7 Å². The van der Waals surface area contributed by atoms with Gasteiger partial charge in [0.15, 0.2) is 24.0 Å². The van der Waals surface area contributed by atoms with Crippen LogP contribution in [0.15, 0.2) is 42.5 Å². The number of halogens is 1. The molecule has 0 amide bonds. The maximum absolute atomic E-state index is 13.5. The summed E-state index contributed by atoms with van der Waals surface area (Å²) in [6.07, 6.45) is 0. The number of aromatic hydroxyl groups is 1. The van der Waals surface area contributed by atoms with E-state index in [0.717, 1.165) is 6.07 Å². The number of hydrogen-bond donors (Lipinski definition) is 1. The van der Waals surface area contributed by atoms with Crippen LogP contribution in [0.25, 0.3) is 0 Å². The van der Waals surface area contributed by atoms with E-state index in [4.69, 9.17) is 9.47 Å². The second kappa shape index (κ2) is 6.71. The zero-order chi connectivity index (χ0) is 16.1. The molecule has 0 saturated carbocycles. The molecule has 2 rings (SSSR count). The predicted molar refractivity (Wildman–Crippen MR) is 75.7 cm³/mol. The van der Waals surface area contributed by atoms with Crippen LogP contribution in [-0.2, 0) is 4.74 Å². The van der Waals surface area contributed by atoms with Crippen LogP contribution in [-0.4, -0.2) is 30.6 Å². The Labute approximate surface area is 125 Å². The van der Waals surface area contributed by atoms with Crippen LogP contribution in [0.3, 0.4) is 0 Å². The van der Waals surface area contributed by atoms with Gasteiger partial charge in [-0.2, -0.15) is 0 Å². The average Bonchev–Trinajstić information content (AvgIpc) is 2.52. The summed E-state index contributed by atoms with van der Waals surface area (Å²) in [6.45, 7) is -0.528. The smallest absolute Gasteiger partial charge is 0.338 e. The topological polar surface area (TPSA) is 72.8 Å². The minimum absolute atomic E-state index is 0.0216. The van der Waals surface area contributed by atoms with Crippen LogP contribution >= 0.6 is 0 Å². The number of ether oxygens (including phenoxy) is 2. The maximum Gasteiger partial charge on any atom is 0.338 e. The first-order chi connectivity index (χ1) is 10.5. The van der Waals surface area contributed by atoms with E-state index in [1.165, 1.54) is 43.5 Å². The number of hydrogen-bond acceptors (Lipinski definition) is 5. The monoisotopic (exact) mass is 304 g/mol. The predicted octanol–water partition coefficient (Wildman–Crippen LogP) is 2.58. The molecule has 114 valence electrons. The van der Waals surface area contributed by atoms with Gasteiger partial charge < -0.3 is 14.6 Å². The highest BCUT2D eigenvalue weighted by molar-refractivity contribution is 5.99. The highest BCUT2D eigenvalue weighted by Gasteiger charge is 2.14. The van der Waals surface area contributed by atoms with Gasteiger partial charge in [0.2, 0.25) is 0 Å². The Morgan fingerprint density at radius 1 is 1.14 bits per heavy atom. The Balaban J connectivity index is 2.00. The van der Waals surface area contributed by atoms with Crippen molar-refractivity contribution in [1.82, 2.24) is 0 Å². The molecule has 0 spiro atoms. The zero-order valence-electron chi connectivity index (χ0n) is 11.7. The molecule has 0 bridgehead atoms. The molecule has 0 unspecified atom stereocenters. The fraction of sp³-hybridized carbons (Fsp3) is 0.125. The average molecular weight is 304 g/mol. The standard InChI is InChI=1S/C16H13FO5/c1-21-15-6-5-10(8-13(15)17)14(19)9-22-16(20)11-3-2-4-12(18)7-11/h2-8,18H,9H2,1H3. The first-order valence-corrected chi connectivity index (χ1v) is 6.34. The molecule has 0 aliphatic heterocycles. The molecule has 2 aromatic carbocycles. The summed E-state index contributed by atoms with van der Waals surface area (Å²) in [5.41, 5.74) is 0.190. The van der Waals surface area contributed by atoms with E-state index in [0.29, 0.717) is 0 Å². The number of carbonyl (C=O) groups is 2. The molecular weight excluding hydrogens is 291 g/mol. The lowest BCUT2D eigenvalue weighted by molar-refractivity contribution is 0.0474. The number of benzene rings is 2. The number of phenols is 1. The van der Waals surface area contributed by atoms with Gasteiger partial charge in [0, 0.05) is 5.56 Å². The molecule has 0 saturated heterocycles. The minimum Gasteiger partial charge on any atom is -0.508 e. The Morgan fingerprint density at radius 2 is 1.91 bits per heavy atom. The Kier molecular flexibility index (Phi) is 4.73. The number of carbonyl (C=O) groups excluding carboxylic acids is 2. The first kappa shape index (κ1) is 15.5. The second-order valence-electron chi connectivity index (χ2n) is 4.40. The molecule has 0 aliphatic rings. The summed E-state index contributed by atoms with van der Waals surface area (Å²) in [5.74, 6) is -2.03. The molecule has 0 heterocycles. The van der Waals surface area contributed by atoms with E-state index in [-0.39, 0.29) is 22.6 Å². The lowest BCUT2D eigenvalue weighted by Crippen LogP contribution is -2.14. The molecule has 0 radical (unpaired) electrons. The summed E-state index contributed by atoms with van der Waals surface area (Å²) >= 11 is 0. The molecule has 0 atom stereocenters.